The molecule has 0 saturated heterocycles. The maximum absolute atomic E-state index is 10.9. The monoisotopic (exact) mass is 374 g/mol. The van der Waals surface area contributed by atoms with Crippen LogP contribution in [0.4, 0.5) is 4.79 Å². The molecule has 0 amide bonds. The van der Waals surface area contributed by atoms with Crippen molar-refractivity contribution in [1.29, 1.82) is 0 Å². The summed E-state index contributed by atoms with van der Waals surface area (Å²) in [7, 11) is 3.08. The highest BCUT2D eigenvalue weighted by Gasteiger charge is 2.16. The van der Waals surface area contributed by atoms with Crippen LogP contribution in [-0.4, -0.2) is 35.3 Å². The zero-order valence-electron chi connectivity index (χ0n) is 14.0. The molecule has 3 rings (SSSR count). The Labute approximate surface area is 154 Å². The maximum Gasteiger partial charge on any atom is 0.512 e. The van der Waals surface area contributed by atoms with E-state index in [0.29, 0.717) is 27.9 Å². The van der Waals surface area contributed by atoms with Gasteiger partial charge in [0.25, 0.3) is 0 Å². The number of nitrogens with zero attached hydrogens (tertiary/aromatic N) is 2. The molecule has 0 saturated carbocycles. The normalized spacial score (nSPS) is 10.4. The van der Waals surface area contributed by atoms with Crippen molar-refractivity contribution in [2.24, 2.45) is 0 Å². The molecule has 0 aliphatic heterocycles. The largest absolute Gasteiger partial charge is 0.512 e. The van der Waals surface area contributed by atoms with Gasteiger partial charge >= 0.3 is 6.16 Å². The first-order valence-electron chi connectivity index (χ1n) is 7.51. The molecule has 3 aromatic rings. The zero-order valence-corrected chi connectivity index (χ0v) is 14.7. The van der Waals surface area contributed by atoms with Gasteiger partial charge in [-0.15, -0.1) is 5.10 Å². The van der Waals surface area contributed by atoms with Crippen molar-refractivity contribution in [2.75, 3.05) is 14.2 Å². The van der Waals surface area contributed by atoms with E-state index >= 15 is 0 Å². The Morgan fingerprint density at radius 2 is 1.85 bits per heavy atom. The second-order valence-corrected chi connectivity index (χ2v) is 5.63. The smallest absolute Gasteiger partial charge is 0.493 e. The summed E-state index contributed by atoms with van der Waals surface area (Å²) in [5.41, 5.74) is 1.99. The van der Waals surface area contributed by atoms with Gasteiger partial charge in [-0.25, -0.2) is 9.48 Å². The van der Waals surface area contributed by atoms with E-state index in [9.17, 15) is 4.79 Å². The highest BCUT2D eigenvalue weighted by atomic mass is 35.5. The van der Waals surface area contributed by atoms with E-state index in [1.165, 1.54) is 13.2 Å². The minimum Gasteiger partial charge on any atom is -0.493 e. The van der Waals surface area contributed by atoms with E-state index in [2.05, 4.69) is 5.10 Å². The van der Waals surface area contributed by atoms with E-state index in [1.807, 2.05) is 6.07 Å². The predicted octanol–water partition coefficient (Wildman–Crippen LogP) is 4.27. The third-order valence-electron chi connectivity index (χ3n) is 3.61. The molecule has 1 heterocycles. The fraction of sp³-hybridized carbons (Fsp3) is 0.111. The second kappa shape index (κ2) is 7.37. The molecule has 1 aromatic heterocycles. The van der Waals surface area contributed by atoms with Crippen LogP contribution in [0.25, 0.3) is 16.9 Å². The van der Waals surface area contributed by atoms with Crippen molar-refractivity contribution in [3.05, 3.63) is 53.6 Å². The van der Waals surface area contributed by atoms with Crippen molar-refractivity contribution >= 4 is 17.8 Å². The molecule has 0 spiro atoms. The predicted molar refractivity (Wildman–Crippen MR) is 95.8 cm³/mol. The van der Waals surface area contributed by atoms with Crippen molar-refractivity contribution in [1.82, 2.24) is 9.78 Å². The van der Waals surface area contributed by atoms with Gasteiger partial charge in [-0.2, -0.15) is 0 Å². The fourth-order valence-electron chi connectivity index (χ4n) is 2.50. The Hall–Kier alpha value is -3.19. The van der Waals surface area contributed by atoms with E-state index in [1.54, 1.807) is 48.2 Å². The van der Waals surface area contributed by atoms with Gasteiger partial charge in [0, 0.05) is 16.7 Å². The summed E-state index contributed by atoms with van der Waals surface area (Å²) in [6, 6.07) is 13.9. The summed E-state index contributed by atoms with van der Waals surface area (Å²) in [5.74, 6) is 1.05. The molecule has 7 nitrogen and oxygen atoms in total. The first-order valence-corrected chi connectivity index (χ1v) is 7.89. The van der Waals surface area contributed by atoms with Crippen LogP contribution in [0, 0.1) is 0 Å². The number of benzene rings is 2. The molecular formula is C18H15ClN2O5. The Kier molecular flexibility index (Phi) is 4.99. The zero-order chi connectivity index (χ0) is 18.7. The molecule has 0 atom stereocenters. The molecule has 0 aliphatic carbocycles. The summed E-state index contributed by atoms with van der Waals surface area (Å²) in [6.45, 7) is 0. The third-order valence-corrected chi connectivity index (χ3v) is 3.85. The van der Waals surface area contributed by atoms with Gasteiger partial charge in [0.05, 0.1) is 25.6 Å². The van der Waals surface area contributed by atoms with Crippen molar-refractivity contribution < 1.29 is 24.1 Å². The quantitative estimate of drug-likeness (QED) is 0.671. The number of aromatic nitrogens is 2. The minimum atomic E-state index is -1.44. The minimum absolute atomic E-state index is 0.0535. The number of carboxylic acid groups (broad SMARTS) is 1. The number of methoxy groups -OCH3 is 2. The third kappa shape index (κ3) is 3.57. The van der Waals surface area contributed by atoms with E-state index in [4.69, 9.17) is 30.9 Å². The summed E-state index contributed by atoms with van der Waals surface area (Å²) in [5, 5.41) is 13.6. The van der Waals surface area contributed by atoms with E-state index in [-0.39, 0.29) is 5.88 Å². The Balaban J connectivity index is 2.16. The topological polar surface area (TPSA) is 82.8 Å². The van der Waals surface area contributed by atoms with Gasteiger partial charge in [0.1, 0.15) is 0 Å². The van der Waals surface area contributed by atoms with Crippen LogP contribution in [0.15, 0.2) is 48.5 Å². The van der Waals surface area contributed by atoms with Gasteiger partial charge in [0.2, 0.25) is 5.88 Å². The van der Waals surface area contributed by atoms with Crippen LogP contribution in [0.1, 0.15) is 0 Å². The summed E-state index contributed by atoms with van der Waals surface area (Å²) in [4.78, 5) is 10.9. The molecule has 0 radical (unpaired) electrons. The molecule has 1 N–H and O–H groups in total. The van der Waals surface area contributed by atoms with E-state index in [0.717, 1.165) is 5.56 Å². The molecule has 0 fully saturated rings. The molecular weight excluding hydrogens is 360 g/mol. The Bertz CT molecular complexity index is 955. The lowest BCUT2D eigenvalue weighted by Crippen LogP contribution is -2.04. The number of rotatable bonds is 5. The van der Waals surface area contributed by atoms with Gasteiger partial charge < -0.3 is 19.3 Å². The average Bonchev–Trinajstić information content (AvgIpc) is 3.04. The summed E-state index contributed by atoms with van der Waals surface area (Å²) in [6.07, 6.45) is -1.44. The Morgan fingerprint density at radius 1 is 1.08 bits per heavy atom. The lowest BCUT2D eigenvalue weighted by atomic mass is 10.1. The van der Waals surface area contributed by atoms with Crippen molar-refractivity contribution in [3.63, 3.8) is 0 Å². The van der Waals surface area contributed by atoms with Gasteiger partial charge in [0.15, 0.2) is 11.5 Å². The summed E-state index contributed by atoms with van der Waals surface area (Å²) >= 11 is 6.07. The van der Waals surface area contributed by atoms with Crippen molar-refractivity contribution in [3.8, 4) is 34.3 Å². The first kappa shape index (κ1) is 17.6. The number of ether oxygens (including phenoxy) is 3. The second-order valence-electron chi connectivity index (χ2n) is 5.20. The van der Waals surface area contributed by atoms with Gasteiger partial charge in [-0.05, 0) is 36.4 Å². The number of hydrogen-bond donors (Lipinski definition) is 1. The van der Waals surface area contributed by atoms with Crippen LogP contribution in [0.3, 0.4) is 0 Å². The standard InChI is InChI=1S/C18H15ClN2O5/c1-24-15-7-6-11(8-16(15)25-2)14-10-17(26-18(22)23)20-21(14)13-5-3-4-12(19)9-13/h3-10H,1-2H3,(H,22,23). The van der Waals surface area contributed by atoms with Crippen LogP contribution < -0.4 is 14.2 Å². The fourth-order valence-corrected chi connectivity index (χ4v) is 2.69. The molecule has 0 aliphatic rings. The lowest BCUT2D eigenvalue weighted by molar-refractivity contribution is 0.142. The molecule has 26 heavy (non-hydrogen) atoms. The molecule has 8 heteroatoms. The Morgan fingerprint density at radius 3 is 2.50 bits per heavy atom. The molecule has 0 unspecified atom stereocenters. The first-order chi connectivity index (χ1) is 12.5. The highest BCUT2D eigenvalue weighted by Crippen LogP contribution is 2.34. The molecule has 0 bridgehead atoms. The van der Waals surface area contributed by atoms with Crippen LogP contribution in [0.2, 0.25) is 5.02 Å². The maximum atomic E-state index is 10.9. The summed E-state index contributed by atoms with van der Waals surface area (Å²) < 4.78 is 16.8. The number of carbonyl (C=O) groups is 1. The van der Waals surface area contributed by atoms with Crippen LogP contribution >= 0.6 is 11.6 Å². The molecule has 2 aromatic carbocycles. The van der Waals surface area contributed by atoms with Crippen LogP contribution in [-0.2, 0) is 0 Å². The van der Waals surface area contributed by atoms with Crippen LogP contribution in [0.5, 0.6) is 17.4 Å². The average molecular weight is 375 g/mol. The number of halogens is 1. The van der Waals surface area contributed by atoms with Gasteiger partial charge in [-0.3, -0.25) is 0 Å². The highest BCUT2D eigenvalue weighted by molar-refractivity contribution is 6.30. The van der Waals surface area contributed by atoms with Gasteiger partial charge in [-0.1, -0.05) is 17.7 Å². The number of hydrogen-bond acceptors (Lipinski definition) is 5. The lowest BCUT2D eigenvalue weighted by Gasteiger charge is -2.11. The SMILES string of the molecule is COc1ccc(-c2cc(OC(=O)O)nn2-c2cccc(Cl)c2)cc1OC. The molecule has 134 valence electrons. The van der Waals surface area contributed by atoms with Crippen molar-refractivity contribution in [2.45, 2.75) is 0 Å². The van der Waals surface area contributed by atoms with E-state index < -0.39 is 6.16 Å².